The van der Waals surface area contributed by atoms with Crippen LogP contribution in [0.4, 0.5) is 0 Å². The lowest BCUT2D eigenvalue weighted by Crippen LogP contribution is -2.41. The second kappa shape index (κ2) is 4.29. The van der Waals surface area contributed by atoms with E-state index in [-0.39, 0.29) is 12.0 Å². The van der Waals surface area contributed by atoms with Crippen molar-refractivity contribution in [2.75, 3.05) is 6.61 Å². The van der Waals surface area contributed by atoms with Crippen LogP contribution in [0.5, 0.6) is 0 Å². The van der Waals surface area contributed by atoms with Crippen molar-refractivity contribution in [3.63, 3.8) is 0 Å². The second-order valence-electron chi connectivity index (χ2n) is 4.67. The summed E-state index contributed by atoms with van der Waals surface area (Å²) in [6.45, 7) is 5.34. The summed E-state index contributed by atoms with van der Waals surface area (Å²) in [6.07, 6.45) is -0.437. The third kappa shape index (κ3) is 2.59. The summed E-state index contributed by atoms with van der Waals surface area (Å²) in [4.78, 5) is 10.9. The summed E-state index contributed by atoms with van der Waals surface area (Å²) >= 11 is 0. The smallest absolute Gasteiger partial charge is 0.221 e. The van der Waals surface area contributed by atoms with E-state index >= 15 is 0 Å². The molecule has 1 fully saturated rings. The first kappa shape index (κ1) is 12.3. The maximum Gasteiger partial charge on any atom is 0.221 e. The van der Waals surface area contributed by atoms with Crippen LogP contribution in [0.2, 0.25) is 0 Å². The molecule has 2 aliphatic heterocycles. The number of hydrogen-bond acceptors (Lipinski definition) is 5. The molecular weight excluding hydrogens is 226 g/mol. The minimum Gasteiger partial charge on any atom is -0.490 e. The second-order valence-corrected chi connectivity index (χ2v) is 4.67. The van der Waals surface area contributed by atoms with Crippen molar-refractivity contribution in [3.05, 3.63) is 12.0 Å². The van der Waals surface area contributed by atoms with Gasteiger partial charge in [0.2, 0.25) is 5.91 Å². The molecule has 0 aliphatic carbocycles. The fourth-order valence-corrected chi connectivity index (χ4v) is 1.95. The molecule has 96 valence electrons. The van der Waals surface area contributed by atoms with Crippen molar-refractivity contribution in [3.8, 4) is 0 Å². The first-order chi connectivity index (χ1) is 7.89. The molecule has 0 aromatic heterocycles. The molecule has 2 aliphatic rings. The van der Waals surface area contributed by atoms with E-state index in [9.17, 15) is 9.90 Å². The zero-order chi connectivity index (χ0) is 12.6. The molecule has 3 atom stereocenters. The molecule has 0 saturated carbocycles. The van der Waals surface area contributed by atoms with Crippen LogP contribution in [0.15, 0.2) is 12.0 Å². The normalized spacial score (nSPS) is 35.3. The number of hydrogen-bond donors (Lipinski definition) is 2. The predicted molar refractivity (Wildman–Crippen MR) is 57.7 cm³/mol. The van der Waals surface area contributed by atoms with Crippen molar-refractivity contribution < 1.29 is 24.1 Å². The van der Waals surface area contributed by atoms with E-state index in [1.165, 1.54) is 13.2 Å². The first-order valence-electron chi connectivity index (χ1n) is 5.52. The van der Waals surface area contributed by atoms with E-state index in [4.69, 9.17) is 14.2 Å². The average molecular weight is 243 g/mol. The van der Waals surface area contributed by atoms with E-state index in [2.05, 4.69) is 5.32 Å². The van der Waals surface area contributed by atoms with Crippen molar-refractivity contribution in [1.29, 1.82) is 0 Å². The topological polar surface area (TPSA) is 77.0 Å². The molecule has 0 unspecified atom stereocenters. The van der Waals surface area contributed by atoms with Crippen LogP contribution in [0, 0.1) is 0 Å². The highest BCUT2D eigenvalue weighted by Gasteiger charge is 2.44. The lowest BCUT2D eigenvalue weighted by Gasteiger charge is -2.23. The van der Waals surface area contributed by atoms with Gasteiger partial charge in [-0.3, -0.25) is 4.79 Å². The van der Waals surface area contributed by atoms with Crippen LogP contribution < -0.4 is 5.32 Å². The molecule has 2 rings (SSSR count). The molecule has 0 bridgehead atoms. The van der Waals surface area contributed by atoms with Crippen LogP contribution in [-0.4, -0.2) is 41.7 Å². The van der Waals surface area contributed by atoms with Gasteiger partial charge in [0.15, 0.2) is 11.9 Å². The molecule has 2 heterocycles. The average Bonchev–Trinajstić information content (AvgIpc) is 2.71. The first-order valence-corrected chi connectivity index (χ1v) is 5.52. The van der Waals surface area contributed by atoms with Crippen LogP contribution >= 0.6 is 0 Å². The number of ether oxygens (including phenoxy) is 3. The van der Waals surface area contributed by atoms with Crippen LogP contribution in [-0.2, 0) is 19.0 Å². The van der Waals surface area contributed by atoms with Crippen LogP contribution in [0.1, 0.15) is 20.8 Å². The van der Waals surface area contributed by atoms with Crippen molar-refractivity contribution in [2.24, 2.45) is 0 Å². The Kier molecular flexibility index (Phi) is 3.11. The lowest BCUT2D eigenvalue weighted by atomic mass is 10.1. The Hall–Kier alpha value is -1.11. The van der Waals surface area contributed by atoms with Gasteiger partial charge in [-0.15, -0.1) is 0 Å². The molecule has 17 heavy (non-hydrogen) atoms. The Morgan fingerprint density at radius 2 is 2.29 bits per heavy atom. The lowest BCUT2D eigenvalue weighted by molar-refractivity contribution is -0.156. The fraction of sp³-hybridized carbons (Fsp3) is 0.727. The van der Waals surface area contributed by atoms with Gasteiger partial charge in [0.05, 0.1) is 12.3 Å². The maximum atomic E-state index is 10.9. The fourth-order valence-electron chi connectivity index (χ4n) is 1.95. The Morgan fingerprint density at radius 3 is 2.82 bits per heavy atom. The SMILES string of the molecule is CC(=O)NC1=CO[C@H]([C@H]2COC(C)(C)O2)[C@@H]1O. The minimum atomic E-state index is -0.901. The van der Waals surface area contributed by atoms with Gasteiger partial charge in [0.1, 0.15) is 18.5 Å². The van der Waals surface area contributed by atoms with Crippen molar-refractivity contribution in [1.82, 2.24) is 5.32 Å². The van der Waals surface area contributed by atoms with Gasteiger partial charge in [0, 0.05) is 6.92 Å². The summed E-state index contributed by atoms with van der Waals surface area (Å²) in [5.41, 5.74) is 0.357. The number of carbonyl (C=O) groups excluding carboxylic acids is 1. The molecule has 6 heteroatoms. The molecule has 0 aromatic rings. The van der Waals surface area contributed by atoms with Gasteiger partial charge in [-0.05, 0) is 13.8 Å². The number of rotatable bonds is 2. The molecule has 1 saturated heterocycles. The Balaban J connectivity index is 1.96. The standard InChI is InChI=1S/C11H17NO5/c1-6(13)12-7-4-15-10(9(7)14)8-5-16-11(2,3)17-8/h4,8-10,14H,5H2,1-3H3,(H,12,13)/t8-,9-,10-/m1/s1. The quantitative estimate of drug-likeness (QED) is 0.706. The van der Waals surface area contributed by atoms with Crippen LogP contribution in [0.3, 0.4) is 0 Å². The highest BCUT2D eigenvalue weighted by Crippen LogP contribution is 2.30. The molecule has 0 radical (unpaired) electrons. The summed E-state index contributed by atoms with van der Waals surface area (Å²) in [5.74, 6) is -0.909. The molecule has 1 amide bonds. The minimum absolute atomic E-state index is 0.247. The maximum absolute atomic E-state index is 10.9. The van der Waals surface area contributed by atoms with E-state index in [0.29, 0.717) is 12.3 Å². The third-order valence-corrected chi connectivity index (χ3v) is 2.70. The number of aliphatic hydroxyl groups is 1. The Labute approximate surface area is 99.5 Å². The highest BCUT2D eigenvalue weighted by atomic mass is 16.7. The van der Waals surface area contributed by atoms with Gasteiger partial charge < -0.3 is 24.6 Å². The summed E-state index contributed by atoms with van der Waals surface area (Å²) in [7, 11) is 0. The number of aliphatic hydroxyl groups excluding tert-OH is 1. The van der Waals surface area contributed by atoms with Gasteiger partial charge in [-0.25, -0.2) is 0 Å². The number of carbonyl (C=O) groups is 1. The van der Waals surface area contributed by atoms with Crippen molar-refractivity contribution in [2.45, 2.75) is 44.9 Å². The molecule has 6 nitrogen and oxygen atoms in total. The van der Waals surface area contributed by atoms with E-state index in [1.807, 2.05) is 0 Å². The Bertz CT molecular complexity index is 352. The van der Waals surface area contributed by atoms with E-state index in [1.54, 1.807) is 13.8 Å². The molecular formula is C11H17NO5. The number of amides is 1. The zero-order valence-corrected chi connectivity index (χ0v) is 10.1. The highest BCUT2D eigenvalue weighted by molar-refractivity contribution is 5.75. The van der Waals surface area contributed by atoms with E-state index in [0.717, 1.165) is 0 Å². The van der Waals surface area contributed by atoms with Crippen LogP contribution in [0.25, 0.3) is 0 Å². The van der Waals surface area contributed by atoms with E-state index < -0.39 is 18.0 Å². The van der Waals surface area contributed by atoms with Gasteiger partial charge in [0.25, 0.3) is 0 Å². The predicted octanol–water partition coefficient (Wildman–Crippen LogP) is -0.125. The zero-order valence-electron chi connectivity index (χ0n) is 10.1. The largest absolute Gasteiger partial charge is 0.490 e. The molecule has 0 aromatic carbocycles. The summed E-state index contributed by atoms with van der Waals surface area (Å²) in [6, 6.07) is 0. The monoisotopic (exact) mass is 243 g/mol. The molecule has 2 N–H and O–H groups in total. The third-order valence-electron chi connectivity index (χ3n) is 2.70. The number of nitrogens with one attached hydrogen (secondary N) is 1. The van der Waals surface area contributed by atoms with Gasteiger partial charge >= 0.3 is 0 Å². The molecule has 0 spiro atoms. The summed E-state index contributed by atoms with van der Waals surface area (Å²) in [5, 5.41) is 12.5. The van der Waals surface area contributed by atoms with Crippen molar-refractivity contribution >= 4 is 5.91 Å². The van der Waals surface area contributed by atoms with Gasteiger partial charge in [-0.2, -0.15) is 0 Å². The Morgan fingerprint density at radius 1 is 1.59 bits per heavy atom. The van der Waals surface area contributed by atoms with Gasteiger partial charge in [-0.1, -0.05) is 0 Å². The summed E-state index contributed by atoms with van der Waals surface area (Å²) < 4.78 is 16.3.